The average molecular weight is 153 g/mol. The Hall–Kier alpha value is -1.04. The van der Waals surface area contributed by atoms with Gasteiger partial charge in [-0.3, -0.25) is 0 Å². The molecule has 1 aliphatic carbocycles. The van der Waals surface area contributed by atoms with Crippen molar-refractivity contribution in [3.05, 3.63) is 0 Å². The van der Waals surface area contributed by atoms with Gasteiger partial charge in [-0.2, -0.15) is 5.26 Å². The van der Waals surface area contributed by atoms with Crippen molar-refractivity contribution in [3.8, 4) is 6.19 Å². The summed E-state index contributed by atoms with van der Waals surface area (Å²) in [6.07, 6.45) is 8.30. The van der Waals surface area contributed by atoms with Gasteiger partial charge in [-0.15, -0.1) is 0 Å². The number of nitrogens with zero attached hydrogens (tertiary/aromatic N) is 1. The third-order valence-electron chi connectivity index (χ3n) is 1.87. The normalized spacial score (nSPS) is 17.4. The molecule has 0 aliphatic heterocycles. The monoisotopic (exact) mass is 153 g/mol. The molecule has 0 unspecified atom stereocenters. The van der Waals surface area contributed by atoms with E-state index < -0.39 is 0 Å². The van der Waals surface area contributed by atoms with Gasteiger partial charge in [-0.25, -0.2) is 0 Å². The second-order valence-corrected chi connectivity index (χ2v) is 2.59. The van der Waals surface area contributed by atoms with E-state index in [0.29, 0.717) is 6.04 Å². The minimum absolute atomic E-state index is 0.490. The summed E-state index contributed by atoms with van der Waals surface area (Å²) in [5.41, 5.74) is 0. The number of nitrogens with one attached hydrogen (secondary N) is 2. The van der Waals surface area contributed by atoms with Crippen LogP contribution in [0.4, 0.5) is 0 Å². The predicted molar refractivity (Wildman–Crippen MR) is 45.5 cm³/mol. The smallest absolute Gasteiger partial charge is 0.176 e. The molecule has 0 aromatic heterocycles. The van der Waals surface area contributed by atoms with Gasteiger partial charge in [0.2, 0.25) is 0 Å². The van der Waals surface area contributed by atoms with Gasteiger partial charge >= 0.3 is 0 Å². The third kappa shape index (κ3) is 4.38. The highest BCUT2D eigenvalue weighted by Gasteiger charge is 2.10. The van der Waals surface area contributed by atoms with Crippen molar-refractivity contribution in [2.45, 2.75) is 38.1 Å². The first kappa shape index (κ1) is 9.96. The Morgan fingerprint density at radius 2 is 1.82 bits per heavy atom. The van der Waals surface area contributed by atoms with Gasteiger partial charge in [0.05, 0.1) is 0 Å². The summed E-state index contributed by atoms with van der Waals surface area (Å²) in [7, 11) is 0. The summed E-state index contributed by atoms with van der Waals surface area (Å²) < 4.78 is 0. The molecule has 0 saturated heterocycles. The van der Waals surface area contributed by atoms with Crippen LogP contribution >= 0.6 is 0 Å². The summed E-state index contributed by atoms with van der Waals surface area (Å²) in [5, 5.41) is 16.5. The Morgan fingerprint density at radius 3 is 2.27 bits per heavy atom. The van der Waals surface area contributed by atoms with Crippen molar-refractivity contribution >= 4 is 6.72 Å². The number of rotatable bonds is 1. The molecule has 0 atom stereocenters. The van der Waals surface area contributed by atoms with Crippen LogP contribution in [0.5, 0.6) is 0 Å². The second-order valence-electron chi connectivity index (χ2n) is 2.59. The predicted octanol–water partition coefficient (Wildman–Crippen LogP) is 1.66. The Balaban J connectivity index is 0.000000461. The molecule has 0 aromatic rings. The van der Waals surface area contributed by atoms with Crippen molar-refractivity contribution in [2.24, 2.45) is 0 Å². The summed E-state index contributed by atoms with van der Waals surface area (Å²) in [5.74, 6) is 0. The first-order valence-electron chi connectivity index (χ1n) is 3.93. The fourth-order valence-corrected chi connectivity index (χ4v) is 1.34. The lowest BCUT2D eigenvalue weighted by atomic mass is 9.96. The van der Waals surface area contributed by atoms with Crippen LogP contribution in [0.15, 0.2) is 0 Å². The second kappa shape index (κ2) is 7.07. The maximum absolute atomic E-state index is 8.26. The van der Waals surface area contributed by atoms with Crippen molar-refractivity contribution in [3.63, 3.8) is 0 Å². The highest BCUT2D eigenvalue weighted by Crippen LogP contribution is 2.16. The van der Waals surface area contributed by atoms with Crippen LogP contribution in [-0.2, 0) is 0 Å². The van der Waals surface area contributed by atoms with E-state index in [2.05, 4.69) is 12.0 Å². The van der Waals surface area contributed by atoms with Crippen LogP contribution in [0.2, 0.25) is 0 Å². The molecule has 0 aromatic carbocycles. The molecule has 0 bridgehead atoms. The first-order chi connectivity index (χ1) is 5.43. The molecule has 0 heterocycles. The maximum atomic E-state index is 8.26. The lowest BCUT2D eigenvalue weighted by molar-refractivity contribution is 0.408. The van der Waals surface area contributed by atoms with Crippen molar-refractivity contribution < 1.29 is 0 Å². The number of hydrogen-bond acceptors (Lipinski definition) is 3. The summed E-state index contributed by atoms with van der Waals surface area (Å²) in [6.45, 7) is 2.50. The quantitative estimate of drug-likeness (QED) is 0.342. The minimum atomic E-state index is 0.490. The van der Waals surface area contributed by atoms with Crippen LogP contribution in [-0.4, -0.2) is 12.8 Å². The van der Waals surface area contributed by atoms with E-state index in [0.717, 1.165) is 0 Å². The van der Waals surface area contributed by atoms with Crippen LogP contribution in [0.1, 0.15) is 32.1 Å². The molecule has 1 rings (SSSR count). The zero-order valence-corrected chi connectivity index (χ0v) is 6.77. The van der Waals surface area contributed by atoms with Crippen LogP contribution < -0.4 is 5.32 Å². The summed E-state index contributed by atoms with van der Waals surface area (Å²) in [6, 6.07) is 0.490. The van der Waals surface area contributed by atoms with Gasteiger partial charge in [0.1, 0.15) is 0 Å². The Kier molecular flexibility index (Phi) is 6.40. The zero-order valence-electron chi connectivity index (χ0n) is 6.77. The highest BCUT2D eigenvalue weighted by atomic mass is 14.9. The van der Waals surface area contributed by atoms with E-state index in [4.69, 9.17) is 10.7 Å². The molecule has 11 heavy (non-hydrogen) atoms. The van der Waals surface area contributed by atoms with E-state index in [1.807, 2.05) is 6.19 Å². The topological polar surface area (TPSA) is 59.7 Å². The summed E-state index contributed by atoms with van der Waals surface area (Å²) in [4.78, 5) is 0. The van der Waals surface area contributed by atoms with Crippen molar-refractivity contribution in [1.82, 2.24) is 5.32 Å². The first-order valence-corrected chi connectivity index (χ1v) is 3.93. The third-order valence-corrected chi connectivity index (χ3v) is 1.87. The lowest BCUT2D eigenvalue weighted by Gasteiger charge is -2.19. The van der Waals surface area contributed by atoms with Crippen LogP contribution in [0.25, 0.3) is 0 Å². The Labute approximate surface area is 67.9 Å². The van der Waals surface area contributed by atoms with Gasteiger partial charge in [-0.1, -0.05) is 19.3 Å². The van der Waals surface area contributed by atoms with E-state index in [1.54, 1.807) is 0 Å². The van der Waals surface area contributed by atoms with Crippen molar-refractivity contribution in [2.75, 3.05) is 0 Å². The van der Waals surface area contributed by atoms with Gasteiger partial charge < -0.3 is 10.7 Å². The molecule has 62 valence electrons. The fraction of sp³-hybridized carbons (Fsp3) is 0.750. The molecule has 1 aliphatic rings. The molecular formula is C8H15N3. The number of hydrogen-bond donors (Lipinski definition) is 2. The molecule has 1 saturated carbocycles. The minimum Gasteiger partial charge on any atom is -0.321 e. The molecule has 0 amide bonds. The lowest BCUT2D eigenvalue weighted by Crippen LogP contribution is -2.26. The summed E-state index contributed by atoms with van der Waals surface area (Å²) >= 11 is 0. The molecular weight excluding hydrogens is 138 g/mol. The molecule has 3 heteroatoms. The SMILES string of the molecule is C=N.N#CNC1CCCCC1. The molecule has 2 N–H and O–H groups in total. The Morgan fingerprint density at radius 1 is 1.27 bits per heavy atom. The van der Waals surface area contributed by atoms with E-state index in [-0.39, 0.29) is 0 Å². The fourth-order valence-electron chi connectivity index (χ4n) is 1.34. The maximum Gasteiger partial charge on any atom is 0.176 e. The van der Waals surface area contributed by atoms with Gasteiger partial charge in [0, 0.05) is 6.04 Å². The van der Waals surface area contributed by atoms with Gasteiger partial charge in [-0.05, 0) is 19.6 Å². The standard InChI is InChI=1S/C7H12N2.CH3N/c8-6-9-7-4-2-1-3-5-7;1-2/h7,9H,1-5H2;2H,1H2. The molecule has 0 spiro atoms. The molecule has 3 nitrogen and oxygen atoms in total. The highest BCUT2D eigenvalue weighted by molar-refractivity contribution is 5.15. The van der Waals surface area contributed by atoms with E-state index >= 15 is 0 Å². The van der Waals surface area contributed by atoms with Crippen molar-refractivity contribution in [1.29, 1.82) is 10.7 Å². The van der Waals surface area contributed by atoms with Gasteiger partial charge in [0.15, 0.2) is 6.19 Å². The number of nitriles is 1. The molecule has 0 radical (unpaired) electrons. The van der Waals surface area contributed by atoms with E-state index in [1.165, 1.54) is 32.1 Å². The Bertz CT molecular complexity index is 122. The largest absolute Gasteiger partial charge is 0.321 e. The van der Waals surface area contributed by atoms with Crippen LogP contribution in [0, 0.1) is 16.9 Å². The molecule has 1 fully saturated rings. The van der Waals surface area contributed by atoms with E-state index in [9.17, 15) is 0 Å². The van der Waals surface area contributed by atoms with Crippen LogP contribution in [0.3, 0.4) is 0 Å². The zero-order chi connectivity index (χ0) is 8.53. The average Bonchev–Trinajstić information content (AvgIpc) is 2.11. The van der Waals surface area contributed by atoms with Gasteiger partial charge in [0.25, 0.3) is 0 Å².